The first-order valence-electron chi connectivity index (χ1n) is 10.8. The molecule has 36 heavy (non-hydrogen) atoms. The Balaban J connectivity index is 1.17. The van der Waals surface area contributed by atoms with E-state index in [0.717, 1.165) is 28.1 Å². The van der Waals surface area contributed by atoms with Gasteiger partial charge in [0.2, 0.25) is 5.91 Å². The molecule has 5 rings (SSSR count). The van der Waals surface area contributed by atoms with E-state index < -0.39 is 5.91 Å². The fraction of sp³-hybridized carbons (Fsp3) is 0. The monoisotopic (exact) mass is 532 g/mol. The summed E-state index contributed by atoms with van der Waals surface area (Å²) in [5, 5.41) is 6.81. The standard InChI is InChI=1S/C27H18Cl2N4O2S/c28-17-7-12-20(21(29)15-17)24-13-10-19(35-24)11-14-25(34)33-27(36)30-18-8-5-16(6-9-18)26-31-22-3-1-2-4-23(22)32-26/h1-15H,(H,31,32)(H2,30,33,34,36)/b14-11+. The zero-order chi connectivity index (χ0) is 25.1. The molecular formula is C27H18Cl2N4O2S. The van der Waals surface area contributed by atoms with Crippen LogP contribution in [0.5, 0.6) is 0 Å². The number of aromatic amines is 1. The van der Waals surface area contributed by atoms with E-state index in [1.54, 1.807) is 36.4 Å². The molecule has 0 spiro atoms. The van der Waals surface area contributed by atoms with E-state index >= 15 is 0 Å². The first kappa shape index (κ1) is 23.8. The lowest BCUT2D eigenvalue weighted by molar-refractivity contribution is -0.115. The van der Waals surface area contributed by atoms with Gasteiger partial charge in [-0.15, -0.1) is 0 Å². The van der Waals surface area contributed by atoms with Crippen LogP contribution in [0, 0.1) is 0 Å². The molecule has 0 radical (unpaired) electrons. The molecule has 2 heterocycles. The number of furan rings is 1. The summed E-state index contributed by atoms with van der Waals surface area (Å²) >= 11 is 17.4. The summed E-state index contributed by atoms with van der Waals surface area (Å²) in [7, 11) is 0. The van der Waals surface area contributed by atoms with E-state index in [1.807, 2.05) is 48.5 Å². The molecule has 0 saturated carbocycles. The predicted molar refractivity (Wildman–Crippen MR) is 149 cm³/mol. The van der Waals surface area contributed by atoms with Gasteiger partial charge in [-0.2, -0.15) is 0 Å². The van der Waals surface area contributed by atoms with E-state index in [0.29, 0.717) is 27.1 Å². The van der Waals surface area contributed by atoms with Crippen LogP contribution in [0.3, 0.4) is 0 Å². The first-order valence-corrected chi connectivity index (χ1v) is 12.0. The van der Waals surface area contributed by atoms with Crippen LogP contribution in [0.2, 0.25) is 10.0 Å². The molecule has 5 aromatic rings. The highest BCUT2D eigenvalue weighted by Crippen LogP contribution is 2.31. The number of hydrogen-bond acceptors (Lipinski definition) is 4. The summed E-state index contributed by atoms with van der Waals surface area (Å²) in [5.74, 6) is 1.45. The minimum Gasteiger partial charge on any atom is -0.457 e. The zero-order valence-corrected chi connectivity index (χ0v) is 20.9. The number of halogens is 2. The van der Waals surface area contributed by atoms with Crippen LogP contribution in [-0.2, 0) is 4.79 Å². The number of para-hydroxylation sites is 2. The Kier molecular flexibility index (Phi) is 6.86. The smallest absolute Gasteiger partial charge is 0.250 e. The second-order valence-corrected chi connectivity index (χ2v) is 9.03. The predicted octanol–water partition coefficient (Wildman–Crippen LogP) is 7.32. The molecule has 0 aliphatic carbocycles. The van der Waals surface area contributed by atoms with Crippen molar-refractivity contribution in [2.75, 3.05) is 5.32 Å². The summed E-state index contributed by atoms with van der Waals surface area (Å²) in [6, 6.07) is 24.1. The SMILES string of the molecule is O=C(/C=C/c1ccc(-c2ccc(Cl)cc2Cl)o1)NC(=S)Nc1ccc(-c2nc3ccccc3[nH]2)cc1. The quantitative estimate of drug-likeness (QED) is 0.163. The number of carbonyl (C=O) groups is 1. The molecule has 178 valence electrons. The number of hydrogen-bond donors (Lipinski definition) is 3. The van der Waals surface area contributed by atoms with E-state index in [9.17, 15) is 4.79 Å². The van der Waals surface area contributed by atoms with Crippen molar-refractivity contribution in [3.05, 3.63) is 101 Å². The number of benzene rings is 3. The van der Waals surface area contributed by atoms with Gasteiger partial charge >= 0.3 is 0 Å². The minimum absolute atomic E-state index is 0.175. The van der Waals surface area contributed by atoms with Gasteiger partial charge in [0.15, 0.2) is 5.11 Å². The highest BCUT2D eigenvalue weighted by molar-refractivity contribution is 7.80. The van der Waals surface area contributed by atoms with Crippen LogP contribution < -0.4 is 10.6 Å². The van der Waals surface area contributed by atoms with Crippen LogP contribution >= 0.6 is 35.4 Å². The third-order valence-electron chi connectivity index (χ3n) is 5.26. The van der Waals surface area contributed by atoms with E-state index in [2.05, 4.69) is 20.6 Å². The number of rotatable bonds is 5. The summed E-state index contributed by atoms with van der Waals surface area (Å²) in [4.78, 5) is 20.2. The molecule has 9 heteroatoms. The summed E-state index contributed by atoms with van der Waals surface area (Å²) in [6.45, 7) is 0. The Hall–Kier alpha value is -3.91. The van der Waals surface area contributed by atoms with Crippen molar-refractivity contribution in [1.29, 1.82) is 0 Å². The number of nitrogens with one attached hydrogen (secondary N) is 3. The van der Waals surface area contributed by atoms with Crippen molar-refractivity contribution in [2.24, 2.45) is 0 Å². The average Bonchev–Trinajstić information content (AvgIpc) is 3.50. The average molecular weight is 533 g/mol. The molecule has 1 amide bonds. The third kappa shape index (κ3) is 5.49. The maximum Gasteiger partial charge on any atom is 0.250 e. The van der Waals surface area contributed by atoms with Gasteiger partial charge in [-0.25, -0.2) is 4.98 Å². The van der Waals surface area contributed by atoms with Crippen molar-refractivity contribution in [3.8, 4) is 22.7 Å². The Morgan fingerprint density at radius 1 is 1.00 bits per heavy atom. The summed E-state index contributed by atoms with van der Waals surface area (Å²) in [6.07, 6.45) is 2.89. The van der Waals surface area contributed by atoms with E-state index in [4.69, 9.17) is 39.8 Å². The largest absolute Gasteiger partial charge is 0.457 e. The molecule has 0 fully saturated rings. The van der Waals surface area contributed by atoms with Crippen LogP contribution in [0.4, 0.5) is 5.69 Å². The summed E-state index contributed by atoms with van der Waals surface area (Å²) in [5.41, 5.74) is 4.27. The number of thiocarbonyl (C=S) groups is 1. The number of aromatic nitrogens is 2. The van der Waals surface area contributed by atoms with Crippen molar-refractivity contribution < 1.29 is 9.21 Å². The lowest BCUT2D eigenvalue weighted by Crippen LogP contribution is -2.32. The van der Waals surface area contributed by atoms with Gasteiger partial charge in [0.1, 0.15) is 17.3 Å². The van der Waals surface area contributed by atoms with Gasteiger partial charge in [-0.05, 0) is 85.0 Å². The number of fused-ring (bicyclic) bond motifs is 1. The molecule has 0 unspecified atom stereocenters. The van der Waals surface area contributed by atoms with Crippen LogP contribution in [0.25, 0.3) is 39.8 Å². The first-order chi connectivity index (χ1) is 17.4. The van der Waals surface area contributed by atoms with E-state index in [1.165, 1.54) is 6.08 Å². The second-order valence-electron chi connectivity index (χ2n) is 7.78. The lowest BCUT2D eigenvalue weighted by Gasteiger charge is -2.08. The number of carbonyl (C=O) groups excluding carboxylic acids is 1. The Labute approximate surface area is 222 Å². The fourth-order valence-corrected chi connectivity index (χ4v) is 4.27. The second kappa shape index (κ2) is 10.4. The number of nitrogens with zero attached hydrogens (tertiary/aromatic N) is 1. The number of anilines is 1. The van der Waals surface area contributed by atoms with Crippen molar-refractivity contribution >= 4 is 69.2 Å². The molecule has 3 N–H and O–H groups in total. The van der Waals surface area contributed by atoms with E-state index in [-0.39, 0.29) is 5.11 Å². The van der Waals surface area contributed by atoms with Crippen molar-refractivity contribution in [3.63, 3.8) is 0 Å². The van der Waals surface area contributed by atoms with Crippen molar-refractivity contribution in [1.82, 2.24) is 15.3 Å². The zero-order valence-electron chi connectivity index (χ0n) is 18.6. The topological polar surface area (TPSA) is 82.9 Å². The summed E-state index contributed by atoms with van der Waals surface area (Å²) < 4.78 is 5.76. The normalized spacial score (nSPS) is 11.2. The molecule has 6 nitrogen and oxygen atoms in total. The van der Waals surface area contributed by atoms with Gasteiger partial charge in [0, 0.05) is 27.9 Å². The molecule has 3 aromatic carbocycles. The Bertz CT molecular complexity index is 1570. The minimum atomic E-state index is -0.395. The Morgan fingerprint density at radius 3 is 2.58 bits per heavy atom. The lowest BCUT2D eigenvalue weighted by atomic mass is 10.2. The molecular weight excluding hydrogens is 515 g/mol. The molecule has 0 aliphatic heterocycles. The number of imidazole rings is 1. The third-order valence-corrected chi connectivity index (χ3v) is 6.02. The molecule has 2 aromatic heterocycles. The highest BCUT2D eigenvalue weighted by Gasteiger charge is 2.09. The van der Waals surface area contributed by atoms with Gasteiger partial charge < -0.3 is 14.7 Å². The fourth-order valence-electron chi connectivity index (χ4n) is 3.55. The molecule has 0 atom stereocenters. The van der Waals surface area contributed by atoms with Gasteiger partial charge in [-0.3, -0.25) is 10.1 Å². The van der Waals surface area contributed by atoms with Crippen LogP contribution in [0.15, 0.2) is 89.4 Å². The molecule has 0 aliphatic rings. The van der Waals surface area contributed by atoms with Gasteiger partial charge in [-0.1, -0.05) is 35.3 Å². The number of amides is 1. The maximum atomic E-state index is 12.3. The van der Waals surface area contributed by atoms with Crippen molar-refractivity contribution in [2.45, 2.75) is 0 Å². The van der Waals surface area contributed by atoms with Crippen LogP contribution in [0.1, 0.15) is 5.76 Å². The van der Waals surface area contributed by atoms with Gasteiger partial charge in [0.05, 0.1) is 16.1 Å². The molecule has 0 saturated heterocycles. The molecule has 0 bridgehead atoms. The van der Waals surface area contributed by atoms with Crippen LogP contribution in [-0.4, -0.2) is 21.0 Å². The van der Waals surface area contributed by atoms with Gasteiger partial charge in [0.25, 0.3) is 0 Å². The maximum absolute atomic E-state index is 12.3. The Morgan fingerprint density at radius 2 is 1.81 bits per heavy atom. The number of H-pyrrole nitrogens is 1. The highest BCUT2D eigenvalue weighted by atomic mass is 35.5.